The normalized spacial score (nSPS) is 31.1. The Kier molecular flexibility index (Phi) is 6.01. The third kappa shape index (κ3) is 3.80. The van der Waals surface area contributed by atoms with Crippen molar-refractivity contribution in [3.63, 3.8) is 0 Å². The fraction of sp³-hybridized carbons (Fsp3) is 0.765. The molecule has 0 bridgehead atoms. The molecule has 1 fully saturated rings. The summed E-state index contributed by atoms with van der Waals surface area (Å²) in [5.74, 6) is 2.38. The maximum Gasteiger partial charge on any atom is 0.303 e. The molecule has 0 radical (unpaired) electrons. The number of carbonyl (C=O) groups is 2. The summed E-state index contributed by atoms with van der Waals surface area (Å²) in [6.45, 7) is 10.8. The number of hydrogen-bond donors (Lipinski definition) is 1. The van der Waals surface area contributed by atoms with Gasteiger partial charge in [0, 0.05) is 13.8 Å². The first-order valence-corrected chi connectivity index (χ1v) is 7.73. The molecule has 5 nitrogen and oxygen atoms in total. The van der Waals surface area contributed by atoms with E-state index in [1.54, 1.807) is 0 Å². The van der Waals surface area contributed by atoms with E-state index in [1.807, 2.05) is 13.8 Å². The summed E-state index contributed by atoms with van der Waals surface area (Å²) in [6, 6.07) is 0. The number of amides is 1. The van der Waals surface area contributed by atoms with Crippen molar-refractivity contribution in [3.05, 3.63) is 0 Å². The number of ether oxygens (including phenoxy) is 2. The summed E-state index contributed by atoms with van der Waals surface area (Å²) >= 11 is 0. The predicted molar refractivity (Wildman–Crippen MR) is 83.9 cm³/mol. The Labute approximate surface area is 133 Å². The quantitative estimate of drug-likeness (QED) is 0.622. The van der Waals surface area contributed by atoms with Crippen LogP contribution in [-0.4, -0.2) is 35.7 Å². The lowest BCUT2D eigenvalue weighted by Crippen LogP contribution is -2.62. The molecule has 0 saturated carbocycles. The van der Waals surface area contributed by atoms with Gasteiger partial charge in [0.25, 0.3) is 0 Å². The fourth-order valence-electron chi connectivity index (χ4n) is 3.13. The molecule has 0 aromatic rings. The number of carbonyl (C=O) groups excluding carboxylic acids is 2. The van der Waals surface area contributed by atoms with Gasteiger partial charge in [0.05, 0.1) is 12.2 Å². The van der Waals surface area contributed by atoms with Gasteiger partial charge in [-0.2, -0.15) is 0 Å². The Hall–Kier alpha value is -1.54. The van der Waals surface area contributed by atoms with Crippen LogP contribution in [-0.2, 0) is 19.1 Å². The van der Waals surface area contributed by atoms with E-state index in [2.05, 4.69) is 25.1 Å². The third-order valence-electron chi connectivity index (χ3n) is 3.78. The van der Waals surface area contributed by atoms with E-state index in [-0.39, 0.29) is 17.9 Å². The van der Waals surface area contributed by atoms with Gasteiger partial charge in [-0.25, -0.2) is 0 Å². The Morgan fingerprint density at radius 1 is 1.32 bits per heavy atom. The lowest BCUT2D eigenvalue weighted by atomic mass is 9.81. The summed E-state index contributed by atoms with van der Waals surface area (Å²) in [7, 11) is 0. The van der Waals surface area contributed by atoms with Crippen LogP contribution in [0.1, 0.15) is 48.0 Å². The van der Waals surface area contributed by atoms with Crippen LogP contribution in [0.15, 0.2) is 0 Å². The maximum absolute atomic E-state index is 11.7. The smallest absolute Gasteiger partial charge is 0.303 e. The van der Waals surface area contributed by atoms with Crippen molar-refractivity contribution in [1.29, 1.82) is 0 Å². The maximum atomic E-state index is 11.7. The van der Waals surface area contributed by atoms with Crippen molar-refractivity contribution in [1.82, 2.24) is 5.32 Å². The van der Waals surface area contributed by atoms with Crippen molar-refractivity contribution in [2.45, 2.75) is 71.8 Å². The topological polar surface area (TPSA) is 64.6 Å². The van der Waals surface area contributed by atoms with Crippen LogP contribution in [0.4, 0.5) is 0 Å². The second-order valence-electron chi connectivity index (χ2n) is 6.69. The summed E-state index contributed by atoms with van der Waals surface area (Å²) in [5.41, 5.74) is -1.13. The molecule has 1 N–H and O–H groups in total. The van der Waals surface area contributed by atoms with Gasteiger partial charge < -0.3 is 14.8 Å². The van der Waals surface area contributed by atoms with Gasteiger partial charge in [-0.05, 0) is 18.3 Å². The van der Waals surface area contributed by atoms with Crippen molar-refractivity contribution in [2.75, 3.05) is 0 Å². The molecule has 1 rings (SSSR count). The number of hydrogen-bond acceptors (Lipinski definition) is 4. The summed E-state index contributed by atoms with van der Waals surface area (Å²) in [5, 5.41) is 2.82. The Morgan fingerprint density at radius 2 is 1.91 bits per heavy atom. The molecule has 5 heteroatoms. The monoisotopic (exact) mass is 309 g/mol. The van der Waals surface area contributed by atoms with E-state index < -0.39 is 23.7 Å². The molecular formula is C17H27NO4. The van der Waals surface area contributed by atoms with E-state index >= 15 is 0 Å². The zero-order valence-corrected chi connectivity index (χ0v) is 14.3. The number of terminal acetylenes is 1. The second-order valence-corrected chi connectivity index (χ2v) is 6.69. The van der Waals surface area contributed by atoms with Crippen LogP contribution in [0, 0.1) is 24.2 Å². The molecule has 1 saturated heterocycles. The SMILES string of the molecule is C#CC1(NC(C)=O)[C@H](OC(C)=O)[C@@H](CC(C)C)O[C@H]1C(C)C. The molecule has 22 heavy (non-hydrogen) atoms. The standard InChI is InChI=1S/C17H27NO4/c1-8-17(18-12(6)19)15(11(4)5)22-14(9-10(2)3)16(17)21-13(7)20/h1,10-11,14-16H,9H2,2-7H3,(H,18,19)/t14-,15+,16-,17?/m1/s1. The van der Waals surface area contributed by atoms with Gasteiger partial charge in [0.2, 0.25) is 5.91 Å². The average Bonchev–Trinajstić information content (AvgIpc) is 2.63. The molecule has 1 heterocycles. The molecule has 4 atom stereocenters. The minimum atomic E-state index is -1.13. The largest absolute Gasteiger partial charge is 0.456 e. The summed E-state index contributed by atoms with van der Waals surface area (Å²) in [4.78, 5) is 23.2. The highest BCUT2D eigenvalue weighted by molar-refractivity contribution is 5.75. The van der Waals surface area contributed by atoms with Crippen molar-refractivity contribution in [3.8, 4) is 12.3 Å². The number of esters is 1. The van der Waals surface area contributed by atoms with E-state index in [0.29, 0.717) is 12.3 Å². The highest BCUT2D eigenvalue weighted by atomic mass is 16.6. The molecule has 0 aromatic heterocycles. The highest BCUT2D eigenvalue weighted by Gasteiger charge is 2.59. The molecule has 0 aliphatic carbocycles. The minimum Gasteiger partial charge on any atom is -0.456 e. The van der Waals surface area contributed by atoms with Crippen molar-refractivity contribution in [2.24, 2.45) is 11.8 Å². The predicted octanol–water partition coefficient (Wildman–Crippen LogP) is 1.90. The summed E-state index contributed by atoms with van der Waals surface area (Å²) in [6.07, 6.45) is 5.04. The molecular weight excluding hydrogens is 282 g/mol. The number of nitrogens with one attached hydrogen (secondary N) is 1. The molecule has 1 aliphatic heterocycles. The van der Waals surface area contributed by atoms with Gasteiger partial charge in [-0.1, -0.05) is 33.6 Å². The first kappa shape index (κ1) is 18.5. The minimum absolute atomic E-state index is 0.0677. The fourth-order valence-corrected chi connectivity index (χ4v) is 3.13. The van der Waals surface area contributed by atoms with Gasteiger partial charge in [-0.15, -0.1) is 6.42 Å². The van der Waals surface area contributed by atoms with Crippen LogP contribution in [0.2, 0.25) is 0 Å². The molecule has 1 aliphatic rings. The molecule has 1 amide bonds. The Bertz CT molecular complexity index is 466. The van der Waals surface area contributed by atoms with Crippen LogP contribution < -0.4 is 5.32 Å². The van der Waals surface area contributed by atoms with E-state index in [1.165, 1.54) is 13.8 Å². The molecule has 0 aromatic carbocycles. The van der Waals surface area contributed by atoms with E-state index in [4.69, 9.17) is 15.9 Å². The van der Waals surface area contributed by atoms with Crippen molar-refractivity contribution < 1.29 is 19.1 Å². The summed E-state index contributed by atoms with van der Waals surface area (Å²) < 4.78 is 11.6. The van der Waals surface area contributed by atoms with Gasteiger partial charge in [0.1, 0.15) is 0 Å². The highest BCUT2D eigenvalue weighted by Crippen LogP contribution is 2.39. The van der Waals surface area contributed by atoms with Crippen LogP contribution >= 0.6 is 0 Å². The lowest BCUT2D eigenvalue weighted by Gasteiger charge is -2.35. The second kappa shape index (κ2) is 7.15. The van der Waals surface area contributed by atoms with Crippen molar-refractivity contribution >= 4 is 11.9 Å². The molecule has 1 unspecified atom stereocenters. The zero-order valence-electron chi connectivity index (χ0n) is 14.3. The first-order chi connectivity index (χ1) is 10.1. The van der Waals surface area contributed by atoms with Gasteiger partial charge >= 0.3 is 5.97 Å². The van der Waals surface area contributed by atoms with E-state index in [0.717, 1.165) is 0 Å². The van der Waals surface area contributed by atoms with Crippen LogP contribution in [0.5, 0.6) is 0 Å². The Balaban J connectivity index is 3.30. The Morgan fingerprint density at radius 3 is 2.27 bits per heavy atom. The first-order valence-electron chi connectivity index (χ1n) is 7.73. The molecule has 124 valence electrons. The van der Waals surface area contributed by atoms with Gasteiger partial charge in [-0.3, -0.25) is 9.59 Å². The van der Waals surface area contributed by atoms with Gasteiger partial charge in [0.15, 0.2) is 11.6 Å². The van der Waals surface area contributed by atoms with Crippen LogP contribution in [0.3, 0.4) is 0 Å². The zero-order chi connectivity index (χ0) is 17.1. The number of rotatable bonds is 5. The van der Waals surface area contributed by atoms with Crippen LogP contribution in [0.25, 0.3) is 0 Å². The van der Waals surface area contributed by atoms with E-state index in [9.17, 15) is 9.59 Å². The lowest BCUT2D eigenvalue weighted by molar-refractivity contribution is -0.152. The average molecular weight is 309 g/mol. The third-order valence-corrected chi connectivity index (χ3v) is 3.78. The molecule has 0 spiro atoms.